The lowest BCUT2D eigenvalue weighted by Gasteiger charge is -2.13. The number of halogens is 1. The molecule has 0 saturated carbocycles. The maximum absolute atomic E-state index is 9.28. The van der Waals surface area contributed by atoms with Gasteiger partial charge in [-0.3, -0.25) is 0 Å². The number of ether oxygens (including phenoxy) is 2. The van der Waals surface area contributed by atoms with Gasteiger partial charge in [0.2, 0.25) is 4.77 Å². The fourth-order valence-corrected chi connectivity index (χ4v) is 3.73. The molecule has 0 amide bonds. The first-order chi connectivity index (χ1) is 16.1. The van der Waals surface area contributed by atoms with Gasteiger partial charge in [0.05, 0.1) is 25.0 Å². The minimum Gasteiger partial charge on any atom is -0.493 e. The highest BCUT2D eigenvalue weighted by atomic mass is 79.9. The van der Waals surface area contributed by atoms with Crippen molar-refractivity contribution in [2.45, 2.75) is 6.61 Å². The predicted molar refractivity (Wildman–Crippen MR) is 132 cm³/mol. The number of aromatic amines is 1. The molecular weight excluding hydrogens is 502 g/mol. The third-order valence-corrected chi connectivity index (χ3v) is 5.75. The molecule has 164 valence electrons. The Bertz CT molecular complexity index is 1410. The summed E-state index contributed by atoms with van der Waals surface area (Å²) in [5, 5.41) is 20.9. The average molecular weight is 520 g/mol. The summed E-state index contributed by atoms with van der Waals surface area (Å²) >= 11 is 8.92. The molecule has 0 aliphatic carbocycles. The van der Waals surface area contributed by atoms with E-state index >= 15 is 0 Å². The van der Waals surface area contributed by atoms with Crippen LogP contribution in [0.4, 0.5) is 0 Å². The standard InChI is InChI=1S/C24H18BrN5O2S/c1-31-21-11-19(14-27-30-23(28-29-24(30)33)16-7-3-2-4-8-16)20(25)12-22(21)32-15-18-10-6-5-9-17(18)13-26/h2-12,14H,15H2,1H3,(H,29,33). The maximum atomic E-state index is 9.28. The van der Waals surface area contributed by atoms with Gasteiger partial charge in [0.1, 0.15) is 6.61 Å². The zero-order valence-electron chi connectivity index (χ0n) is 17.5. The Morgan fingerprint density at radius 3 is 2.67 bits per heavy atom. The number of methoxy groups -OCH3 is 1. The first-order valence-electron chi connectivity index (χ1n) is 9.86. The summed E-state index contributed by atoms with van der Waals surface area (Å²) in [5.74, 6) is 1.68. The van der Waals surface area contributed by atoms with E-state index in [9.17, 15) is 5.26 Å². The summed E-state index contributed by atoms with van der Waals surface area (Å²) in [6.45, 7) is 0.241. The lowest BCUT2D eigenvalue weighted by atomic mass is 10.1. The number of nitrogens with zero attached hydrogens (tertiary/aromatic N) is 4. The molecule has 0 atom stereocenters. The maximum Gasteiger partial charge on any atom is 0.216 e. The molecule has 9 heteroatoms. The van der Waals surface area contributed by atoms with Crippen LogP contribution in [0.2, 0.25) is 0 Å². The molecule has 7 nitrogen and oxygen atoms in total. The molecule has 0 radical (unpaired) electrons. The van der Waals surface area contributed by atoms with Crippen LogP contribution in [0.15, 0.2) is 76.3 Å². The Morgan fingerprint density at radius 1 is 1.15 bits per heavy atom. The van der Waals surface area contributed by atoms with E-state index in [1.807, 2.05) is 60.7 Å². The van der Waals surface area contributed by atoms with E-state index in [2.05, 4.69) is 37.3 Å². The average Bonchev–Trinajstić information content (AvgIpc) is 3.22. The Kier molecular flexibility index (Phi) is 6.98. The number of nitrogens with one attached hydrogen (secondary N) is 1. The van der Waals surface area contributed by atoms with Crippen molar-refractivity contribution in [3.8, 4) is 29.0 Å². The minimum absolute atomic E-state index is 0.241. The molecule has 4 rings (SSSR count). The molecule has 4 aromatic rings. The van der Waals surface area contributed by atoms with Crippen LogP contribution in [0.1, 0.15) is 16.7 Å². The highest BCUT2D eigenvalue weighted by Gasteiger charge is 2.12. The molecule has 0 aliphatic heterocycles. The number of benzene rings is 3. The van der Waals surface area contributed by atoms with Crippen LogP contribution >= 0.6 is 28.1 Å². The van der Waals surface area contributed by atoms with Crippen molar-refractivity contribution in [3.05, 3.63) is 92.7 Å². The van der Waals surface area contributed by atoms with Crippen LogP contribution in [-0.4, -0.2) is 28.2 Å². The Morgan fingerprint density at radius 2 is 1.91 bits per heavy atom. The molecule has 0 spiro atoms. The van der Waals surface area contributed by atoms with Crippen molar-refractivity contribution in [2.24, 2.45) is 5.10 Å². The van der Waals surface area contributed by atoms with Crippen LogP contribution in [0.25, 0.3) is 11.4 Å². The lowest BCUT2D eigenvalue weighted by molar-refractivity contribution is 0.284. The van der Waals surface area contributed by atoms with Gasteiger partial charge in [-0.05, 0) is 46.3 Å². The number of aromatic nitrogens is 3. The summed E-state index contributed by atoms with van der Waals surface area (Å²) in [4.78, 5) is 0. The SMILES string of the molecule is COc1cc(C=Nn2c(-c3ccccc3)n[nH]c2=S)c(Br)cc1OCc1ccccc1C#N. The second-order valence-corrected chi connectivity index (χ2v) is 8.10. The van der Waals surface area contributed by atoms with Crippen LogP contribution in [0.3, 0.4) is 0 Å². The van der Waals surface area contributed by atoms with Crippen molar-refractivity contribution in [1.29, 1.82) is 5.26 Å². The Labute approximate surface area is 204 Å². The van der Waals surface area contributed by atoms with Gasteiger partial charge in [-0.25, -0.2) is 5.10 Å². The Hall–Kier alpha value is -3.74. The number of hydrogen-bond acceptors (Lipinski definition) is 6. The molecule has 0 saturated heterocycles. The zero-order chi connectivity index (χ0) is 23.2. The van der Waals surface area contributed by atoms with E-state index in [0.717, 1.165) is 21.2 Å². The predicted octanol–water partition coefficient (Wildman–Crippen LogP) is 5.71. The molecule has 1 heterocycles. The molecule has 0 fully saturated rings. The minimum atomic E-state index is 0.241. The molecule has 1 N–H and O–H groups in total. The van der Waals surface area contributed by atoms with Gasteiger partial charge in [-0.1, -0.05) is 48.5 Å². The highest BCUT2D eigenvalue weighted by molar-refractivity contribution is 9.10. The molecule has 1 aromatic heterocycles. The normalized spacial score (nSPS) is 10.8. The lowest BCUT2D eigenvalue weighted by Crippen LogP contribution is -2.01. The molecule has 3 aromatic carbocycles. The fraction of sp³-hybridized carbons (Fsp3) is 0.0833. The third-order valence-electron chi connectivity index (χ3n) is 4.80. The third kappa shape index (κ3) is 5.03. The highest BCUT2D eigenvalue weighted by Crippen LogP contribution is 2.33. The van der Waals surface area contributed by atoms with Crippen LogP contribution in [-0.2, 0) is 6.61 Å². The monoisotopic (exact) mass is 519 g/mol. The molecule has 33 heavy (non-hydrogen) atoms. The van der Waals surface area contributed by atoms with E-state index in [0.29, 0.717) is 27.7 Å². The van der Waals surface area contributed by atoms with Crippen molar-refractivity contribution in [1.82, 2.24) is 14.9 Å². The number of rotatable bonds is 7. The number of nitriles is 1. The number of hydrogen-bond donors (Lipinski definition) is 1. The fourth-order valence-electron chi connectivity index (χ4n) is 3.13. The number of H-pyrrole nitrogens is 1. The summed E-state index contributed by atoms with van der Waals surface area (Å²) in [6, 6.07) is 22.8. The van der Waals surface area contributed by atoms with Crippen LogP contribution in [0.5, 0.6) is 11.5 Å². The van der Waals surface area contributed by atoms with Crippen molar-refractivity contribution >= 4 is 34.4 Å². The van der Waals surface area contributed by atoms with E-state index in [1.165, 1.54) is 0 Å². The van der Waals surface area contributed by atoms with Gasteiger partial charge < -0.3 is 9.47 Å². The summed E-state index contributed by atoms with van der Waals surface area (Å²) < 4.78 is 14.2. The van der Waals surface area contributed by atoms with Gasteiger partial charge in [0.15, 0.2) is 17.3 Å². The zero-order valence-corrected chi connectivity index (χ0v) is 19.9. The largest absolute Gasteiger partial charge is 0.493 e. The van der Waals surface area contributed by atoms with E-state index in [4.69, 9.17) is 21.7 Å². The second kappa shape index (κ2) is 10.3. The van der Waals surface area contributed by atoms with E-state index in [-0.39, 0.29) is 6.61 Å². The van der Waals surface area contributed by atoms with Crippen molar-refractivity contribution in [3.63, 3.8) is 0 Å². The Balaban J connectivity index is 1.61. The van der Waals surface area contributed by atoms with Gasteiger partial charge in [-0.15, -0.1) is 0 Å². The van der Waals surface area contributed by atoms with Gasteiger partial charge in [0.25, 0.3) is 0 Å². The molecule has 0 unspecified atom stereocenters. The first-order valence-corrected chi connectivity index (χ1v) is 11.1. The van der Waals surface area contributed by atoms with Gasteiger partial charge in [0, 0.05) is 21.2 Å². The van der Waals surface area contributed by atoms with E-state index < -0.39 is 0 Å². The van der Waals surface area contributed by atoms with E-state index in [1.54, 1.807) is 24.1 Å². The smallest absolute Gasteiger partial charge is 0.216 e. The van der Waals surface area contributed by atoms with Gasteiger partial charge in [-0.2, -0.15) is 20.1 Å². The quantitative estimate of drug-likeness (QED) is 0.249. The topological polar surface area (TPSA) is 88.2 Å². The first kappa shape index (κ1) is 22.5. The molecular formula is C24H18BrN5O2S. The van der Waals surface area contributed by atoms with Crippen LogP contribution in [0, 0.1) is 16.1 Å². The summed E-state index contributed by atoms with van der Waals surface area (Å²) in [6.07, 6.45) is 1.67. The summed E-state index contributed by atoms with van der Waals surface area (Å²) in [5.41, 5.74) is 3.02. The summed E-state index contributed by atoms with van der Waals surface area (Å²) in [7, 11) is 1.57. The molecule has 0 bridgehead atoms. The van der Waals surface area contributed by atoms with Crippen molar-refractivity contribution in [2.75, 3.05) is 7.11 Å². The van der Waals surface area contributed by atoms with Crippen molar-refractivity contribution < 1.29 is 9.47 Å². The van der Waals surface area contributed by atoms with Crippen LogP contribution < -0.4 is 9.47 Å². The second-order valence-electron chi connectivity index (χ2n) is 6.86. The van der Waals surface area contributed by atoms with Gasteiger partial charge >= 0.3 is 0 Å². The molecule has 0 aliphatic rings.